The van der Waals surface area contributed by atoms with Crippen molar-refractivity contribution in [3.63, 3.8) is 0 Å². The van der Waals surface area contributed by atoms with E-state index in [2.05, 4.69) is 20.5 Å². The predicted molar refractivity (Wildman–Crippen MR) is 85.2 cm³/mol. The molecule has 0 unspecified atom stereocenters. The van der Waals surface area contributed by atoms with Gasteiger partial charge in [-0.25, -0.2) is 13.4 Å². The van der Waals surface area contributed by atoms with E-state index < -0.39 is 21.8 Å². The van der Waals surface area contributed by atoms with E-state index >= 15 is 0 Å². The van der Waals surface area contributed by atoms with E-state index in [1.807, 2.05) is 0 Å². The first kappa shape index (κ1) is 16.1. The molecule has 3 aromatic heterocycles. The third-order valence-corrected chi connectivity index (χ3v) is 4.50. The number of sulfone groups is 1. The Morgan fingerprint density at radius 1 is 1.33 bits per heavy atom. The van der Waals surface area contributed by atoms with Crippen LogP contribution in [0.4, 0.5) is 0 Å². The summed E-state index contributed by atoms with van der Waals surface area (Å²) in [5.74, 6) is 0.0966. The van der Waals surface area contributed by atoms with E-state index in [0.29, 0.717) is 11.3 Å². The first-order valence-electron chi connectivity index (χ1n) is 7.11. The Bertz CT molecular complexity index is 1020. The first-order valence-corrected chi connectivity index (χ1v) is 9.00. The minimum absolute atomic E-state index is 0.0463. The van der Waals surface area contributed by atoms with Gasteiger partial charge in [0.1, 0.15) is 6.33 Å². The summed E-state index contributed by atoms with van der Waals surface area (Å²) in [6.07, 6.45) is 4.14. The maximum atomic E-state index is 12.6. The Morgan fingerprint density at radius 3 is 2.71 bits per heavy atom. The average molecular weight is 348 g/mol. The van der Waals surface area contributed by atoms with Gasteiger partial charge in [0, 0.05) is 19.5 Å². The highest BCUT2D eigenvalue weighted by atomic mass is 32.2. The molecule has 24 heavy (non-hydrogen) atoms. The fourth-order valence-corrected chi connectivity index (χ4v) is 3.23. The zero-order valence-electron chi connectivity index (χ0n) is 13.3. The number of carbonyl (C=O) groups is 1. The number of rotatable bonds is 4. The zero-order chi connectivity index (χ0) is 17.5. The topological polar surface area (TPSA) is 111 Å². The third kappa shape index (κ3) is 2.75. The number of hydrogen-bond acceptors (Lipinski definition) is 6. The molecule has 0 aliphatic carbocycles. The van der Waals surface area contributed by atoms with Crippen LogP contribution in [0.1, 0.15) is 29.3 Å². The molecule has 0 aliphatic heterocycles. The standard InChI is InChI=1S/C14H16N6O3S/c1-9(12-18-15-8-19(12)2)16-13(21)11-10-6-4-5-7-20(10)14(17-11)24(3,22)23/h4-9H,1-3H3,(H,16,21)/t9-/m0/s1. The van der Waals surface area contributed by atoms with Crippen LogP contribution < -0.4 is 5.32 Å². The summed E-state index contributed by atoms with van der Waals surface area (Å²) < 4.78 is 26.9. The SMILES string of the molecule is C[C@H](NC(=O)c1nc(S(C)(=O)=O)n2ccccc12)c1nncn1C. The Kier molecular flexibility index (Phi) is 3.84. The minimum Gasteiger partial charge on any atom is -0.341 e. The van der Waals surface area contributed by atoms with Crippen molar-refractivity contribution in [3.8, 4) is 0 Å². The summed E-state index contributed by atoms with van der Waals surface area (Å²) in [5.41, 5.74) is 0.464. The van der Waals surface area contributed by atoms with E-state index in [4.69, 9.17) is 0 Å². The molecule has 0 fully saturated rings. The minimum atomic E-state index is -3.58. The molecule has 126 valence electrons. The van der Waals surface area contributed by atoms with Crippen LogP contribution in [0.2, 0.25) is 0 Å². The fraction of sp³-hybridized carbons (Fsp3) is 0.286. The molecule has 3 rings (SSSR count). The monoisotopic (exact) mass is 348 g/mol. The lowest BCUT2D eigenvalue weighted by atomic mass is 10.2. The number of nitrogens with zero attached hydrogens (tertiary/aromatic N) is 5. The van der Waals surface area contributed by atoms with Gasteiger partial charge in [-0.2, -0.15) is 0 Å². The van der Waals surface area contributed by atoms with Gasteiger partial charge in [0.15, 0.2) is 11.5 Å². The Labute approximate surface area is 138 Å². The van der Waals surface area contributed by atoms with Crippen LogP contribution in [0.3, 0.4) is 0 Å². The molecule has 0 saturated heterocycles. The normalized spacial score (nSPS) is 13.1. The molecule has 1 atom stereocenters. The molecular weight excluding hydrogens is 332 g/mol. The Morgan fingerprint density at radius 2 is 2.08 bits per heavy atom. The maximum Gasteiger partial charge on any atom is 0.272 e. The summed E-state index contributed by atoms with van der Waals surface area (Å²) in [4.78, 5) is 16.6. The van der Waals surface area contributed by atoms with Gasteiger partial charge in [-0.1, -0.05) is 6.07 Å². The number of pyridine rings is 1. The van der Waals surface area contributed by atoms with Crippen LogP contribution in [0.25, 0.3) is 5.52 Å². The lowest BCUT2D eigenvalue weighted by molar-refractivity contribution is 0.0934. The van der Waals surface area contributed by atoms with Gasteiger partial charge in [0.05, 0.1) is 11.6 Å². The van der Waals surface area contributed by atoms with E-state index in [-0.39, 0.29) is 10.9 Å². The highest BCUT2D eigenvalue weighted by Gasteiger charge is 2.24. The van der Waals surface area contributed by atoms with Gasteiger partial charge in [0.25, 0.3) is 5.91 Å². The molecule has 0 saturated carbocycles. The van der Waals surface area contributed by atoms with Crippen LogP contribution in [0.15, 0.2) is 35.9 Å². The van der Waals surface area contributed by atoms with Crippen LogP contribution in [-0.4, -0.2) is 44.7 Å². The number of aromatic nitrogens is 5. The van der Waals surface area contributed by atoms with Crippen molar-refractivity contribution in [2.45, 2.75) is 18.1 Å². The molecule has 0 aliphatic rings. The maximum absolute atomic E-state index is 12.6. The van der Waals surface area contributed by atoms with E-state index in [1.54, 1.807) is 42.9 Å². The van der Waals surface area contributed by atoms with Crippen molar-refractivity contribution in [2.24, 2.45) is 7.05 Å². The smallest absolute Gasteiger partial charge is 0.272 e. The van der Waals surface area contributed by atoms with Crippen molar-refractivity contribution < 1.29 is 13.2 Å². The molecule has 3 heterocycles. The molecule has 0 spiro atoms. The average Bonchev–Trinajstić information content (AvgIpc) is 3.10. The predicted octanol–water partition coefficient (Wildman–Crippen LogP) is 0.357. The number of hydrogen-bond donors (Lipinski definition) is 1. The van der Waals surface area contributed by atoms with Gasteiger partial charge in [0.2, 0.25) is 15.0 Å². The molecule has 0 bridgehead atoms. The third-order valence-electron chi connectivity index (χ3n) is 3.54. The van der Waals surface area contributed by atoms with Gasteiger partial charge in [-0.05, 0) is 19.1 Å². The van der Waals surface area contributed by atoms with Crippen LogP contribution >= 0.6 is 0 Å². The van der Waals surface area contributed by atoms with Gasteiger partial charge in [-0.3, -0.25) is 9.20 Å². The highest BCUT2D eigenvalue weighted by Crippen LogP contribution is 2.18. The fourth-order valence-electron chi connectivity index (χ4n) is 2.45. The van der Waals surface area contributed by atoms with Crippen molar-refractivity contribution in [3.05, 3.63) is 42.2 Å². The second-order valence-corrected chi connectivity index (χ2v) is 7.38. The van der Waals surface area contributed by atoms with Crippen LogP contribution in [0, 0.1) is 0 Å². The van der Waals surface area contributed by atoms with E-state index in [0.717, 1.165) is 6.26 Å². The number of aryl methyl sites for hydroxylation is 1. The second kappa shape index (κ2) is 5.71. The number of imidazole rings is 1. The van der Waals surface area contributed by atoms with Crippen LogP contribution in [-0.2, 0) is 16.9 Å². The Balaban J connectivity index is 2.00. The number of nitrogens with one attached hydrogen (secondary N) is 1. The molecule has 10 heteroatoms. The van der Waals surface area contributed by atoms with E-state index in [1.165, 1.54) is 10.7 Å². The molecule has 1 N–H and O–H groups in total. The van der Waals surface area contributed by atoms with Gasteiger partial charge in [-0.15, -0.1) is 10.2 Å². The van der Waals surface area contributed by atoms with Crippen molar-refractivity contribution >= 4 is 21.3 Å². The number of amides is 1. The molecule has 1 amide bonds. The summed E-state index contributed by atoms with van der Waals surface area (Å²) in [7, 11) is -1.81. The largest absolute Gasteiger partial charge is 0.341 e. The number of carbonyl (C=O) groups excluding carboxylic acids is 1. The summed E-state index contributed by atoms with van der Waals surface area (Å²) >= 11 is 0. The summed E-state index contributed by atoms with van der Waals surface area (Å²) in [6, 6.07) is 4.62. The summed E-state index contributed by atoms with van der Waals surface area (Å²) in [6.45, 7) is 1.76. The Hall–Kier alpha value is -2.75. The molecular formula is C14H16N6O3S. The van der Waals surface area contributed by atoms with Crippen molar-refractivity contribution in [1.82, 2.24) is 29.5 Å². The van der Waals surface area contributed by atoms with Gasteiger partial charge < -0.3 is 9.88 Å². The summed E-state index contributed by atoms with van der Waals surface area (Å²) in [5, 5.41) is 10.3. The van der Waals surface area contributed by atoms with Gasteiger partial charge >= 0.3 is 0 Å². The number of fused-ring (bicyclic) bond motifs is 1. The van der Waals surface area contributed by atoms with Crippen LogP contribution in [0.5, 0.6) is 0 Å². The lowest BCUT2D eigenvalue weighted by Gasteiger charge is -2.11. The first-order chi connectivity index (χ1) is 11.3. The van der Waals surface area contributed by atoms with Crippen molar-refractivity contribution in [1.29, 1.82) is 0 Å². The molecule has 3 aromatic rings. The highest BCUT2D eigenvalue weighted by molar-refractivity contribution is 7.90. The molecule has 9 nitrogen and oxygen atoms in total. The second-order valence-electron chi connectivity index (χ2n) is 5.47. The lowest BCUT2D eigenvalue weighted by Crippen LogP contribution is -2.28. The van der Waals surface area contributed by atoms with E-state index in [9.17, 15) is 13.2 Å². The molecule has 0 aromatic carbocycles. The quantitative estimate of drug-likeness (QED) is 0.728. The zero-order valence-corrected chi connectivity index (χ0v) is 14.1. The molecule has 0 radical (unpaired) electrons. The van der Waals surface area contributed by atoms with Crippen molar-refractivity contribution in [2.75, 3.05) is 6.26 Å².